The van der Waals surface area contributed by atoms with E-state index >= 15 is 0 Å². The molecule has 1 rings (SSSR count). The van der Waals surface area contributed by atoms with Crippen molar-refractivity contribution in [1.29, 1.82) is 0 Å². The highest BCUT2D eigenvalue weighted by atomic mass is 32.2. The van der Waals surface area contributed by atoms with Gasteiger partial charge < -0.3 is 10.8 Å². The second-order valence-electron chi connectivity index (χ2n) is 5.02. The summed E-state index contributed by atoms with van der Waals surface area (Å²) in [6, 6.07) is 2.62. The number of carboxylic acids is 1. The van der Waals surface area contributed by atoms with Crippen molar-refractivity contribution in [3.05, 3.63) is 29.3 Å². The first-order valence-corrected chi connectivity index (χ1v) is 7.70. The van der Waals surface area contributed by atoms with Crippen LogP contribution in [0, 0.1) is 12.8 Å². The van der Waals surface area contributed by atoms with Crippen molar-refractivity contribution in [3.63, 3.8) is 0 Å². The third-order valence-electron chi connectivity index (χ3n) is 3.00. The lowest BCUT2D eigenvalue weighted by atomic mass is 10.1. The van der Waals surface area contributed by atoms with E-state index in [4.69, 9.17) is 10.8 Å². The molecular weight excluding hydrogens is 296 g/mol. The monoisotopic (exact) mass is 314 g/mol. The molecule has 0 aliphatic rings. The van der Waals surface area contributed by atoms with Gasteiger partial charge >= 0.3 is 5.97 Å². The fraction of sp³-hybridized carbons (Fsp3) is 0.385. The number of amides is 1. The number of carboxylic acid groups (broad SMARTS) is 1. The highest BCUT2D eigenvalue weighted by Gasteiger charge is 2.28. The number of primary amides is 1. The number of benzene rings is 1. The van der Waals surface area contributed by atoms with Crippen molar-refractivity contribution in [3.8, 4) is 0 Å². The van der Waals surface area contributed by atoms with Crippen molar-refractivity contribution in [1.82, 2.24) is 4.72 Å². The van der Waals surface area contributed by atoms with Gasteiger partial charge in [0.15, 0.2) is 0 Å². The van der Waals surface area contributed by atoms with Gasteiger partial charge in [-0.2, -0.15) is 4.72 Å². The highest BCUT2D eigenvalue weighted by Crippen LogP contribution is 2.16. The Bertz CT molecular complexity index is 667. The summed E-state index contributed by atoms with van der Waals surface area (Å²) in [4.78, 5) is 22.1. The number of sulfonamides is 1. The average molecular weight is 314 g/mol. The number of aryl methyl sites for hydroxylation is 1. The maximum absolute atomic E-state index is 12.2. The number of nitrogens with one attached hydrogen (secondary N) is 1. The Labute approximate surface area is 123 Å². The van der Waals surface area contributed by atoms with E-state index in [1.165, 1.54) is 12.1 Å². The summed E-state index contributed by atoms with van der Waals surface area (Å²) in [5.74, 6) is -2.45. The Hall–Kier alpha value is -1.93. The number of carbonyl (C=O) groups excluding carboxylic acids is 1. The fourth-order valence-corrected chi connectivity index (χ4v) is 3.10. The molecule has 0 saturated heterocycles. The number of rotatable bonds is 6. The molecule has 0 aliphatic heterocycles. The molecule has 0 saturated carbocycles. The number of nitrogens with two attached hydrogens (primary N) is 1. The van der Waals surface area contributed by atoms with Crippen LogP contribution in [0.15, 0.2) is 23.1 Å². The van der Waals surface area contributed by atoms with Gasteiger partial charge in [0.05, 0.1) is 4.90 Å². The lowest BCUT2D eigenvalue weighted by Crippen LogP contribution is -2.44. The van der Waals surface area contributed by atoms with Crippen molar-refractivity contribution < 1.29 is 23.1 Å². The molecule has 0 heterocycles. The maximum Gasteiger partial charge on any atom is 0.322 e. The van der Waals surface area contributed by atoms with Crippen LogP contribution in [-0.2, 0) is 14.8 Å². The van der Waals surface area contributed by atoms with Crippen LogP contribution in [0.2, 0.25) is 0 Å². The third-order valence-corrected chi connectivity index (χ3v) is 4.44. The van der Waals surface area contributed by atoms with E-state index in [0.717, 1.165) is 6.07 Å². The molecule has 1 amide bonds. The Morgan fingerprint density at radius 3 is 2.29 bits per heavy atom. The lowest BCUT2D eigenvalue weighted by molar-refractivity contribution is -0.140. The first kappa shape index (κ1) is 17.1. The van der Waals surface area contributed by atoms with Crippen molar-refractivity contribution >= 4 is 21.9 Å². The Morgan fingerprint density at radius 2 is 1.86 bits per heavy atom. The minimum absolute atomic E-state index is 0.0781. The summed E-state index contributed by atoms with van der Waals surface area (Å²) < 4.78 is 26.5. The van der Waals surface area contributed by atoms with E-state index < -0.39 is 33.9 Å². The predicted molar refractivity (Wildman–Crippen MR) is 76.3 cm³/mol. The number of aliphatic carboxylic acids is 1. The molecule has 0 aliphatic carbocycles. The summed E-state index contributed by atoms with van der Waals surface area (Å²) in [6.45, 7) is 4.80. The fourth-order valence-electron chi connectivity index (χ4n) is 1.74. The largest absolute Gasteiger partial charge is 0.480 e. The van der Waals surface area contributed by atoms with E-state index in [-0.39, 0.29) is 10.5 Å². The van der Waals surface area contributed by atoms with Crippen molar-refractivity contribution in [2.75, 3.05) is 0 Å². The Balaban J connectivity index is 3.22. The molecule has 1 atom stereocenters. The van der Waals surface area contributed by atoms with Gasteiger partial charge in [0.2, 0.25) is 15.9 Å². The normalized spacial score (nSPS) is 13.1. The van der Waals surface area contributed by atoms with Crippen LogP contribution in [0.25, 0.3) is 0 Å². The van der Waals surface area contributed by atoms with Gasteiger partial charge in [-0.15, -0.1) is 0 Å². The molecule has 0 fully saturated rings. The summed E-state index contributed by atoms with van der Waals surface area (Å²) >= 11 is 0. The Kier molecular flexibility index (Phi) is 5.08. The van der Waals surface area contributed by atoms with Gasteiger partial charge in [0.1, 0.15) is 6.04 Å². The Morgan fingerprint density at radius 1 is 1.29 bits per heavy atom. The average Bonchev–Trinajstić information content (AvgIpc) is 2.35. The number of carbonyl (C=O) groups is 2. The van der Waals surface area contributed by atoms with Gasteiger partial charge in [-0.1, -0.05) is 19.9 Å². The molecule has 7 nitrogen and oxygen atoms in total. The molecule has 1 aromatic rings. The molecule has 0 aromatic heterocycles. The summed E-state index contributed by atoms with van der Waals surface area (Å²) in [7, 11) is -4.06. The molecule has 8 heteroatoms. The maximum atomic E-state index is 12.2. The van der Waals surface area contributed by atoms with Gasteiger partial charge in [-0.3, -0.25) is 9.59 Å². The van der Waals surface area contributed by atoms with Crippen molar-refractivity contribution in [2.45, 2.75) is 31.7 Å². The molecule has 116 valence electrons. The van der Waals surface area contributed by atoms with Gasteiger partial charge in [-0.05, 0) is 30.5 Å². The molecule has 0 radical (unpaired) electrons. The van der Waals surface area contributed by atoms with Crippen LogP contribution < -0.4 is 10.5 Å². The zero-order chi connectivity index (χ0) is 16.4. The summed E-state index contributed by atoms with van der Waals surface area (Å²) in [6.07, 6.45) is 0. The molecule has 1 aromatic carbocycles. The van der Waals surface area contributed by atoms with Crippen LogP contribution in [0.5, 0.6) is 0 Å². The van der Waals surface area contributed by atoms with Crippen LogP contribution >= 0.6 is 0 Å². The van der Waals surface area contributed by atoms with E-state index in [1.54, 1.807) is 20.8 Å². The minimum Gasteiger partial charge on any atom is -0.480 e. The van der Waals surface area contributed by atoms with Crippen molar-refractivity contribution in [2.24, 2.45) is 11.7 Å². The van der Waals surface area contributed by atoms with Crippen LogP contribution in [0.1, 0.15) is 29.8 Å². The van der Waals surface area contributed by atoms with Gasteiger partial charge in [0.25, 0.3) is 0 Å². The third kappa shape index (κ3) is 4.02. The SMILES string of the molecule is Cc1ccc(S(=O)(=O)N[C@@H](C(=O)O)C(C)C)cc1C(N)=O. The van der Waals surface area contributed by atoms with Gasteiger partial charge in [0, 0.05) is 5.56 Å². The first-order valence-electron chi connectivity index (χ1n) is 6.22. The molecule has 0 bridgehead atoms. The molecule has 0 spiro atoms. The van der Waals surface area contributed by atoms with E-state index in [1.807, 2.05) is 0 Å². The zero-order valence-electron chi connectivity index (χ0n) is 12.0. The number of hydrogen-bond donors (Lipinski definition) is 3. The topological polar surface area (TPSA) is 127 Å². The van der Waals surface area contributed by atoms with Crippen LogP contribution in [0.4, 0.5) is 0 Å². The smallest absolute Gasteiger partial charge is 0.322 e. The van der Waals surface area contributed by atoms with E-state index in [2.05, 4.69) is 4.72 Å². The van der Waals surface area contributed by atoms with E-state index in [0.29, 0.717) is 5.56 Å². The lowest BCUT2D eigenvalue weighted by Gasteiger charge is -2.18. The highest BCUT2D eigenvalue weighted by molar-refractivity contribution is 7.89. The van der Waals surface area contributed by atoms with Gasteiger partial charge in [-0.25, -0.2) is 8.42 Å². The first-order chi connectivity index (χ1) is 9.56. The standard InChI is InChI=1S/C13H18N2O5S/c1-7(2)11(13(17)18)15-21(19,20)9-5-4-8(3)10(6-9)12(14)16/h4-7,11,15H,1-3H3,(H2,14,16)(H,17,18)/t11-/m1/s1. The molecule has 4 N–H and O–H groups in total. The van der Waals surface area contributed by atoms with E-state index in [9.17, 15) is 18.0 Å². The quantitative estimate of drug-likeness (QED) is 0.704. The van der Waals surface area contributed by atoms with Crippen LogP contribution in [-0.4, -0.2) is 31.4 Å². The predicted octanol–water partition coefficient (Wildman–Crippen LogP) is 0.481. The molecule has 0 unspecified atom stereocenters. The zero-order valence-corrected chi connectivity index (χ0v) is 12.8. The molecular formula is C13H18N2O5S. The summed E-state index contributed by atoms with van der Waals surface area (Å²) in [5, 5.41) is 9.04. The number of hydrogen-bond acceptors (Lipinski definition) is 4. The minimum atomic E-state index is -4.06. The molecule has 21 heavy (non-hydrogen) atoms. The summed E-state index contributed by atoms with van der Waals surface area (Å²) in [5.41, 5.74) is 5.80. The second-order valence-corrected chi connectivity index (χ2v) is 6.74. The van der Waals surface area contributed by atoms with Crippen LogP contribution in [0.3, 0.4) is 0 Å². The second kappa shape index (κ2) is 6.23.